The fourth-order valence-corrected chi connectivity index (χ4v) is 8.81. The number of carbonyl (C=O) groups is 3. The molecule has 1 aromatic rings. The van der Waals surface area contributed by atoms with Crippen LogP contribution in [-0.4, -0.2) is 59.6 Å². The summed E-state index contributed by atoms with van der Waals surface area (Å²) in [6.07, 6.45) is 6.48. The first-order valence-corrected chi connectivity index (χ1v) is 14.2. The Morgan fingerprint density at radius 2 is 1.92 bits per heavy atom. The van der Waals surface area contributed by atoms with Crippen LogP contribution < -0.4 is 0 Å². The maximum atomic E-state index is 13.4. The molecule has 0 radical (unpaired) electrons. The van der Waals surface area contributed by atoms with E-state index in [1.54, 1.807) is 19.1 Å². The molecule has 9 nitrogen and oxygen atoms in total. The molecule has 204 valence electrons. The van der Waals surface area contributed by atoms with Crippen LogP contribution in [0.4, 0.5) is 0 Å². The standard InChI is InChI=1S/C28H32O9S/c1-26-10-8-18(29)13-17(26)6-7-20-21-9-11-28(34,27(21,2)14-22(30)24(20)26)23(31)15-37-38(35,36)19-5-3-4-16(12-19)25(32)33/h3-5,8,10,12-13,20-22,24,30,34H,6-7,9,11,14-15H2,1-2H3,(H,32,33)/t20?,21?,22?,24?,26-,27-,28-/m0/s1. The highest BCUT2D eigenvalue weighted by Crippen LogP contribution is 2.67. The molecule has 3 saturated carbocycles. The Kier molecular flexibility index (Phi) is 6.34. The van der Waals surface area contributed by atoms with Crippen LogP contribution in [0.2, 0.25) is 0 Å². The van der Waals surface area contributed by atoms with Gasteiger partial charge in [0.15, 0.2) is 11.6 Å². The maximum Gasteiger partial charge on any atom is 0.335 e. The molecule has 3 fully saturated rings. The second-order valence-corrected chi connectivity index (χ2v) is 13.2. The minimum absolute atomic E-state index is 0.00832. The number of carbonyl (C=O) groups excluding carboxylic acids is 2. The van der Waals surface area contributed by atoms with Crippen LogP contribution in [0.1, 0.15) is 56.3 Å². The zero-order valence-corrected chi connectivity index (χ0v) is 22.1. The van der Waals surface area contributed by atoms with Crippen molar-refractivity contribution in [3.63, 3.8) is 0 Å². The number of allylic oxidation sites excluding steroid dienone is 4. The number of aliphatic hydroxyl groups excluding tert-OH is 1. The summed E-state index contributed by atoms with van der Waals surface area (Å²) >= 11 is 0. The molecule has 4 aliphatic rings. The van der Waals surface area contributed by atoms with Gasteiger partial charge < -0.3 is 15.3 Å². The molecule has 0 spiro atoms. The summed E-state index contributed by atoms with van der Waals surface area (Å²) in [7, 11) is -4.46. The van der Waals surface area contributed by atoms with Crippen LogP contribution >= 0.6 is 0 Å². The Morgan fingerprint density at radius 3 is 2.63 bits per heavy atom. The van der Waals surface area contributed by atoms with Crippen LogP contribution in [0.5, 0.6) is 0 Å². The lowest BCUT2D eigenvalue weighted by molar-refractivity contribution is -0.178. The van der Waals surface area contributed by atoms with E-state index in [4.69, 9.17) is 9.29 Å². The molecule has 10 heteroatoms. The van der Waals surface area contributed by atoms with E-state index in [1.165, 1.54) is 18.2 Å². The van der Waals surface area contributed by atoms with Crippen LogP contribution in [0, 0.1) is 28.6 Å². The minimum Gasteiger partial charge on any atom is -0.478 e. The quantitative estimate of drug-likeness (QED) is 0.458. The van der Waals surface area contributed by atoms with Crippen molar-refractivity contribution in [1.82, 2.24) is 0 Å². The molecule has 38 heavy (non-hydrogen) atoms. The van der Waals surface area contributed by atoms with Gasteiger partial charge >= 0.3 is 5.97 Å². The Labute approximate surface area is 221 Å². The first kappa shape index (κ1) is 26.9. The SMILES string of the molecule is C[C@]12C=CC(=O)C=C1CCC1C2C(O)C[C@@]2(C)C1CC[C@]2(O)C(=O)COS(=O)(=O)c1cccc(C(=O)O)c1. The van der Waals surface area contributed by atoms with Crippen molar-refractivity contribution in [2.24, 2.45) is 28.6 Å². The van der Waals surface area contributed by atoms with Crippen molar-refractivity contribution in [3.05, 3.63) is 53.6 Å². The highest BCUT2D eigenvalue weighted by Gasteiger charge is 2.68. The van der Waals surface area contributed by atoms with Crippen LogP contribution in [0.3, 0.4) is 0 Å². The predicted molar refractivity (Wildman–Crippen MR) is 135 cm³/mol. The first-order chi connectivity index (χ1) is 17.7. The number of ketones is 2. The fourth-order valence-electron chi connectivity index (χ4n) is 7.89. The normalized spacial score (nSPS) is 38.1. The van der Waals surface area contributed by atoms with E-state index >= 15 is 0 Å². The van der Waals surface area contributed by atoms with Gasteiger partial charge in [0.25, 0.3) is 10.1 Å². The second-order valence-electron chi connectivity index (χ2n) is 11.6. The van der Waals surface area contributed by atoms with Crippen molar-refractivity contribution in [3.8, 4) is 0 Å². The molecule has 3 N–H and O–H groups in total. The van der Waals surface area contributed by atoms with E-state index in [2.05, 4.69) is 0 Å². The number of carboxylic acids is 1. The Balaban J connectivity index is 1.37. The Hall–Kier alpha value is -2.66. The summed E-state index contributed by atoms with van der Waals surface area (Å²) in [5, 5.41) is 32.3. The summed E-state index contributed by atoms with van der Waals surface area (Å²) in [5.74, 6) is -2.39. The van der Waals surface area contributed by atoms with E-state index in [-0.39, 0.29) is 41.9 Å². The van der Waals surface area contributed by atoms with E-state index in [1.807, 2.05) is 13.0 Å². The third-order valence-corrected chi connectivity index (χ3v) is 11.1. The van der Waals surface area contributed by atoms with Gasteiger partial charge in [0.05, 0.1) is 16.6 Å². The number of benzene rings is 1. The average Bonchev–Trinajstić information content (AvgIpc) is 3.13. The lowest BCUT2D eigenvalue weighted by Crippen LogP contribution is -2.61. The van der Waals surface area contributed by atoms with Gasteiger partial charge in [-0.15, -0.1) is 0 Å². The van der Waals surface area contributed by atoms with Crippen LogP contribution in [0.15, 0.2) is 53.0 Å². The van der Waals surface area contributed by atoms with Crippen molar-refractivity contribution in [2.45, 2.75) is 62.6 Å². The van der Waals surface area contributed by atoms with E-state index < -0.39 is 55.9 Å². The van der Waals surface area contributed by atoms with E-state index in [9.17, 15) is 33.0 Å². The molecule has 1 aromatic carbocycles. The molecule has 5 rings (SSSR count). The monoisotopic (exact) mass is 544 g/mol. The summed E-state index contributed by atoms with van der Waals surface area (Å²) < 4.78 is 30.4. The number of fused-ring (bicyclic) bond motifs is 5. The summed E-state index contributed by atoms with van der Waals surface area (Å²) in [4.78, 5) is 36.2. The van der Waals surface area contributed by atoms with Gasteiger partial charge in [-0.3, -0.25) is 13.8 Å². The number of aliphatic hydroxyl groups is 2. The molecule has 0 saturated heterocycles. The zero-order valence-electron chi connectivity index (χ0n) is 21.3. The predicted octanol–water partition coefficient (Wildman–Crippen LogP) is 2.67. The van der Waals surface area contributed by atoms with Gasteiger partial charge in [0.2, 0.25) is 0 Å². The molecule has 7 atom stereocenters. The Morgan fingerprint density at radius 1 is 1.18 bits per heavy atom. The van der Waals surface area contributed by atoms with Gasteiger partial charge in [-0.2, -0.15) is 8.42 Å². The van der Waals surface area contributed by atoms with Gasteiger partial charge in [-0.05, 0) is 74.3 Å². The lowest BCUT2D eigenvalue weighted by atomic mass is 9.46. The molecular formula is C28H32O9S. The third-order valence-electron chi connectivity index (χ3n) is 9.82. The van der Waals surface area contributed by atoms with Crippen LogP contribution in [0.25, 0.3) is 0 Å². The van der Waals surface area contributed by atoms with Crippen LogP contribution in [-0.2, 0) is 23.9 Å². The van der Waals surface area contributed by atoms with E-state index in [0.717, 1.165) is 18.1 Å². The number of carboxylic acid groups (broad SMARTS) is 1. The number of rotatable bonds is 6. The van der Waals surface area contributed by atoms with Crippen molar-refractivity contribution in [2.75, 3.05) is 6.61 Å². The summed E-state index contributed by atoms with van der Waals surface area (Å²) in [5.41, 5.74) is -2.61. The molecule has 4 aliphatic carbocycles. The van der Waals surface area contributed by atoms with E-state index in [0.29, 0.717) is 12.8 Å². The molecular weight excluding hydrogens is 512 g/mol. The smallest absolute Gasteiger partial charge is 0.335 e. The molecule has 0 aromatic heterocycles. The van der Waals surface area contributed by atoms with Crippen molar-refractivity contribution in [1.29, 1.82) is 0 Å². The number of hydrogen-bond donors (Lipinski definition) is 3. The first-order valence-electron chi connectivity index (χ1n) is 12.8. The number of hydrogen-bond acceptors (Lipinski definition) is 8. The molecule has 0 bridgehead atoms. The topological polar surface area (TPSA) is 155 Å². The zero-order chi connectivity index (χ0) is 27.7. The van der Waals surface area contributed by atoms with Gasteiger partial charge in [-0.25, -0.2) is 4.79 Å². The number of Topliss-reactive ketones (excluding diaryl/α,β-unsaturated/α-hetero) is 1. The third kappa shape index (κ3) is 3.92. The molecule has 4 unspecified atom stereocenters. The largest absolute Gasteiger partial charge is 0.478 e. The highest BCUT2D eigenvalue weighted by atomic mass is 32.2. The fraction of sp³-hybridized carbons (Fsp3) is 0.536. The van der Waals surface area contributed by atoms with Crippen molar-refractivity contribution < 1.29 is 42.3 Å². The Bertz CT molecular complexity index is 1380. The molecule has 0 heterocycles. The lowest BCUT2D eigenvalue weighted by Gasteiger charge is -2.59. The number of aromatic carboxylic acids is 1. The highest BCUT2D eigenvalue weighted by molar-refractivity contribution is 7.86. The van der Waals surface area contributed by atoms with Gasteiger partial charge in [0.1, 0.15) is 12.2 Å². The van der Waals surface area contributed by atoms with Crippen molar-refractivity contribution >= 4 is 27.7 Å². The maximum absolute atomic E-state index is 13.4. The molecule has 0 aliphatic heterocycles. The molecule has 0 amide bonds. The minimum atomic E-state index is -4.46. The van der Waals surface area contributed by atoms with Gasteiger partial charge in [-0.1, -0.05) is 31.6 Å². The summed E-state index contributed by atoms with van der Waals surface area (Å²) in [6.45, 7) is 2.92. The summed E-state index contributed by atoms with van der Waals surface area (Å²) in [6, 6.07) is 4.62. The second kappa shape index (κ2) is 8.94. The van der Waals surface area contributed by atoms with Gasteiger partial charge in [0, 0.05) is 16.7 Å². The average molecular weight is 545 g/mol.